The van der Waals surface area contributed by atoms with Gasteiger partial charge in [-0.25, -0.2) is 0 Å². The van der Waals surface area contributed by atoms with E-state index in [1.54, 1.807) is 0 Å². The maximum Gasteiger partial charge on any atom is -0.0321 e. The van der Waals surface area contributed by atoms with Crippen molar-refractivity contribution in [1.82, 2.24) is 0 Å². The minimum Gasteiger partial charge on any atom is -0.0651 e. The van der Waals surface area contributed by atoms with Gasteiger partial charge >= 0.3 is 0 Å². The zero-order valence-electron chi connectivity index (χ0n) is 13.2. The van der Waals surface area contributed by atoms with Crippen molar-refractivity contribution >= 4 is 0 Å². The van der Waals surface area contributed by atoms with Crippen molar-refractivity contribution in [3.05, 3.63) is 0 Å². The van der Waals surface area contributed by atoms with Gasteiger partial charge in [0.25, 0.3) is 0 Å². The first-order valence-corrected chi connectivity index (χ1v) is 7.93. The van der Waals surface area contributed by atoms with Crippen LogP contribution in [0.5, 0.6) is 0 Å². The van der Waals surface area contributed by atoms with Crippen LogP contribution in [0, 0.1) is 41.4 Å². The van der Waals surface area contributed by atoms with Gasteiger partial charge in [-0.1, -0.05) is 61.3 Å². The lowest BCUT2D eigenvalue weighted by atomic mass is 9.88. The summed E-state index contributed by atoms with van der Waals surface area (Å²) in [5, 5.41) is 0. The molecule has 0 saturated heterocycles. The molecule has 1 aliphatic rings. The third-order valence-corrected chi connectivity index (χ3v) is 5.62. The van der Waals surface area contributed by atoms with Gasteiger partial charge in [0.05, 0.1) is 0 Å². The minimum absolute atomic E-state index is 0.855. The van der Waals surface area contributed by atoms with Crippen molar-refractivity contribution < 1.29 is 0 Å². The molecule has 1 aliphatic carbocycles. The molecule has 0 nitrogen and oxygen atoms in total. The molecule has 0 aromatic carbocycles. The van der Waals surface area contributed by atoms with Gasteiger partial charge in [0, 0.05) is 0 Å². The average Bonchev–Trinajstić information content (AvgIpc) is 3.00. The van der Waals surface area contributed by atoms with E-state index in [2.05, 4.69) is 48.5 Å². The fourth-order valence-corrected chi connectivity index (χ4v) is 3.63. The molecule has 0 aromatic heterocycles. The monoisotopic (exact) mass is 238 g/mol. The molecule has 1 saturated carbocycles. The van der Waals surface area contributed by atoms with E-state index in [9.17, 15) is 0 Å². The zero-order chi connectivity index (χ0) is 13.2. The standard InChI is InChI=1S/C17H34/c1-8-12(5)10-15-16(13(6)9-2)17(15)14(7)11(3)4/h11-17H,8-10H2,1-7H3. The summed E-state index contributed by atoms with van der Waals surface area (Å²) in [7, 11) is 0. The molecule has 102 valence electrons. The van der Waals surface area contributed by atoms with Crippen LogP contribution in [0.3, 0.4) is 0 Å². The highest BCUT2D eigenvalue weighted by Crippen LogP contribution is 2.59. The Morgan fingerprint density at radius 3 is 1.82 bits per heavy atom. The van der Waals surface area contributed by atoms with Crippen LogP contribution >= 0.6 is 0 Å². The summed E-state index contributed by atoms with van der Waals surface area (Å²) in [6.45, 7) is 16.9. The highest BCUT2D eigenvalue weighted by atomic mass is 14.6. The highest BCUT2D eigenvalue weighted by Gasteiger charge is 2.54. The van der Waals surface area contributed by atoms with Gasteiger partial charge in [0.15, 0.2) is 0 Å². The van der Waals surface area contributed by atoms with Gasteiger partial charge in [-0.3, -0.25) is 0 Å². The lowest BCUT2D eigenvalue weighted by Crippen LogP contribution is -2.10. The highest BCUT2D eigenvalue weighted by molar-refractivity contribution is 5.02. The molecule has 0 bridgehead atoms. The van der Waals surface area contributed by atoms with E-state index < -0.39 is 0 Å². The van der Waals surface area contributed by atoms with Crippen molar-refractivity contribution in [1.29, 1.82) is 0 Å². The van der Waals surface area contributed by atoms with Crippen molar-refractivity contribution in [3.63, 3.8) is 0 Å². The van der Waals surface area contributed by atoms with Gasteiger partial charge in [0.1, 0.15) is 0 Å². The third-order valence-electron chi connectivity index (χ3n) is 5.62. The van der Waals surface area contributed by atoms with Gasteiger partial charge in [-0.15, -0.1) is 0 Å². The van der Waals surface area contributed by atoms with Gasteiger partial charge < -0.3 is 0 Å². The molecule has 1 fully saturated rings. The fraction of sp³-hybridized carbons (Fsp3) is 1.00. The van der Waals surface area contributed by atoms with E-state index in [1.165, 1.54) is 19.3 Å². The maximum absolute atomic E-state index is 2.49. The Morgan fingerprint density at radius 1 is 0.824 bits per heavy atom. The third kappa shape index (κ3) is 3.48. The molecule has 17 heavy (non-hydrogen) atoms. The van der Waals surface area contributed by atoms with E-state index in [0.29, 0.717) is 0 Å². The van der Waals surface area contributed by atoms with Crippen LogP contribution in [0.1, 0.15) is 67.7 Å². The van der Waals surface area contributed by atoms with E-state index in [-0.39, 0.29) is 0 Å². The van der Waals surface area contributed by atoms with Crippen molar-refractivity contribution in [2.24, 2.45) is 41.4 Å². The first-order valence-electron chi connectivity index (χ1n) is 7.93. The second-order valence-electron chi connectivity index (χ2n) is 7.06. The molecule has 0 N–H and O–H groups in total. The summed E-state index contributed by atoms with van der Waals surface area (Å²) in [4.78, 5) is 0. The summed E-state index contributed by atoms with van der Waals surface area (Å²) >= 11 is 0. The Kier molecular flexibility index (Phi) is 5.54. The van der Waals surface area contributed by atoms with Crippen LogP contribution in [0.15, 0.2) is 0 Å². The van der Waals surface area contributed by atoms with Crippen molar-refractivity contribution in [2.75, 3.05) is 0 Å². The molecule has 0 amide bonds. The second-order valence-corrected chi connectivity index (χ2v) is 7.06. The number of hydrogen-bond donors (Lipinski definition) is 0. The largest absolute Gasteiger partial charge is 0.0651 e. The predicted octanol–water partition coefficient (Wildman–Crippen LogP) is 5.62. The topological polar surface area (TPSA) is 0 Å². The molecule has 0 aromatic rings. The first-order chi connectivity index (χ1) is 7.93. The minimum atomic E-state index is 0.855. The number of rotatable bonds is 7. The number of hydrogen-bond acceptors (Lipinski definition) is 0. The maximum atomic E-state index is 2.49. The van der Waals surface area contributed by atoms with Crippen LogP contribution in [-0.2, 0) is 0 Å². The Balaban J connectivity index is 2.61. The van der Waals surface area contributed by atoms with Crippen LogP contribution in [0.2, 0.25) is 0 Å². The van der Waals surface area contributed by atoms with E-state index in [1.807, 2.05) is 0 Å². The smallest absolute Gasteiger partial charge is 0.0321 e. The molecule has 0 heteroatoms. The Hall–Kier alpha value is 0. The lowest BCUT2D eigenvalue weighted by Gasteiger charge is -2.17. The van der Waals surface area contributed by atoms with Gasteiger partial charge in [0.2, 0.25) is 0 Å². The molecule has 0 radical (unpaired) electrons. The first kappa shape index (κ1) is 15.1. The molecular weight excluding hydrogens is 204 g/mol. The fourth-order valence-electron chi connectivity index (χ4n) is 3.63. The molecule has 6 atom stereocenters. The summed E-state index contributed by atoms with van der Waals surface area (Å²) in [5.41, 5.74) is 0. The van der Waals surface area contributed by atoms with Gasteiger partial charge in [-0.2, -0.15) is 0 Å². The Labute approximate surface area is 110 Å². The predicted molar refractivity (Wildman–Crippen MR) is 78.0 cm³/mol. The van der Waals surface area contributed by atoms with Crippen LogP contribution < -0.4 is 0 Å². The molecule has 0 heterocycles. The molecule has 0 spiro atoms. The van der Waals surface area contributed by atoms with Crippen molar-refractivity contribution in [2.45, 2.75) is 67.7 Å². The van der Waals surface area contributed by atoms with Gasteiger partial charge in [-0.05, 0) is 47.8 Å². The quantitative estimate of drug-likeness (QED) is 0.540. The summed E-state index contributed by atoms with van der Waals surface area (Å²) in [6.07, 6.45) is 4.20. The van der Waals surface area contributed by atoms with Crippen molar-refractivity contribution in [3.8, 4) is 0 Å². The summed E-state index contributed by atoms with van der Waals surface area (Å²) in [6, 6.07) is 0. The second kappa shape index (κ2) is 6.25. The molecule has 6 unspecified atom stereocenters. The molecule has 0 aliphatic heterocycles. The SMILES string of the molecule is CCC(C)CC1C(C(C)CC)C1C(C)C(C)C. The van der Waals surface area contributed by atoms with Crippen LogP contribution in [0.4, 0.5) is 0 Å². The van der Waals surface area contributed by atoms with E-state index in [0.717, 1.165) is 41.4 Å². The van der Waals surface area contributed by atoms with E-state index >= 15 is 0 Å². The lowest BCUT2D eigenvalue weighted by molar-refractivity contribution is 0.320. The van der Waals surface area contributed by atoms with Crippen LogP contribution in [-0.4, -0.2) is 0 Å². The summed E-state index contributed by atoms with van der Waals surface area (Å²) < 4.78 is 0. The normalized spacial score (nSPS) is 33.5. The molecular formula is C17H34. The zero-order valence-corrected chi connectivity index (χ0v) is 13.2. The average molecular weight is 238 g/mol. The molecule has 1 rings (SSSR count). The van der Waals surface area contributed by atoms with Crippen LogP contribution in [0.25, 0.3) is 0 Å². The Morgan fingerprint density at radius 2 is 1.41 bits per heavy atom. The summed E-state index contributed by atoms with van der Waals surface area (Å²) in [5.74, 6) is 6.74. The Bertz CT molecular complexity index is 218. The van der Waals surface area contributed by atoms with E-state index in [4.69, 9.17) is 0 Å².